The number of imidazole rings is 1. The molecule has 3 aromatic heterocycles. The van der Waals surface area contributed by atoms with E-state index in [1.807, 2.05) is 0 Å². The largest absolute Gasteiger partial charge is 0.491 e. The molecule has 1 atom stereocenters. The molecule has 0 spiro atoms. The molecular formula is C20H19FN6O3. The minimum atomic E-state index is -1.75. The number of nitrogens with zero attached hydrogens (tertiary/aromatic N) is 5. The van der Waals surface area contributed by atoms with E-state index >= 15 is 0 Å². The van der Waals surface area contributed by atoms with Gasteiger partial charge in [0.25, 0.3) is 0 Å². The zero-order valence-electron chi connectivity index (χ0n) is 15.9. The zero-order chi connectivity index (χ0) is 20.7. The molecule has 154 valence electrons. The topological polar surface area (TPSA) is 120 Å². The number of aliphatic hydroxyl groups is 2. The fraction of sp³-hybridized carbons (Fsp3) is 0.300. The number of rotatable bonds is 5. The van der Waals surface area contributed by atoms with Crippen LogP contribution in [0.15, 0.2) is 36.9 Å². The molecule has 1 aliphatic heterocycles. The molecule has 0 aliphatic carbocycles. The third kappa shape index (κ3) is 3.29. The summed E-state index contributed by atoms with van der Waals surface area (Å²) in [6.07, 6.45) is 3.19. The predicted octanol–water partition coefficient (Wildman–Crippen LogP) is 2.07. The summed E-state index contributed by atoms with van der Waals surface area (Å²) in [4.78, 5) is 22.2. The Balaban J connectivity index is 1.44. The number of aromatic nitrogens is 5. The number of benzene rings is 1. The first-order chi connectivity index (χ1) is 14.6. The standard InChI is InChI=1S/C20H19FN6O3/c21-11-3-4-14-13(6-11)16(7-15(26-14)20(28)29)30-8-12-2-1-5-27(12)19-17-18(23-9-22-17)24-10-25-19/h3-4,6-7,9-10,12,20,28-29H,1-2,5,8H2,(H,22,23,24,25). The van der Waals surface area contributed by atoms with Crippen molar-refractivity contribution in [2.45, 2.75) is 25.2 Å². The number of hydrogen-bond donors (Lipinski definition) is 3. The van der Waals surface area contributed by atoms with Crippen molar-refractivity contribution in [1.82, 2.24) is 24.9 Å². The van der Waals surface area contributed by atoms with Crippen LogP contribution in [-0.4, -0.2) is 54.3 Å². The van der Waals surface area contributed by atoms with Crippen molar-refractivity contribution >= 4 is 27.9 Å². The molecule has 3 N–H and O–H groups in total. The van der Waals surface area contributed by atoms with E-state index in [4.69, 9.17) is 4.74 Å². The van der Waals surface area contributed by atoms with Gasteiger partial charge in [-0.3, -0.25) is 0 Å². The maximum absolute atomic E-state index is 13.8. The Kier molecular flexibility index (Phi) is 4.64. The van der Waals surface area contributed by atoms with E-state index in [1.165, 1.54) is 30.6 Å². The molecule has 0 saturated carbocycles. The van der Waals surface area contributed by atoms with Gasteiger partial charge in [-0.1, -0.05) is 0 Å². The maximum atomic E-state index is 13.8. The lowest BCUT2D eigenvalue weighted by atomic mass is 10.1. The van der Waals surface area contributed by atoms with E-state index in [2.05, 4.69) is 29.8 Å². The van der Waals surface area contributed by atoms with Gasteiger partial charge in [0.05, 0.1) is 17.9 Å². The van der Waals surface area contributed by atoms with Crippen molar-refractivity contribution in [3.05, 3.63) is 48.4 Å². The summed E-state index contributed by atoms with van der Waals surface area (Å²) in [5, 5.41) is 19.6. The third-order valence-corrected chi connectivity index (χ3v) is 5.30. The van der Waals surface area contributed by atoms with Gasteiger partial charge in [-0.15, -0.1) is 0 Å². The number of aromatic amines is 1. The lowest BCUT2D eigenvalue weighted by Gasteiger charge is -2.26. The van der Waals surface area contributed by atoms with Crippen molar-refractivity contribution in [1.29, 1.82) is 0 Å². The van der Waals surface area contributed by atoms with Crippen LogP contribution in [-0.2, 0) is 0 Å². The molecule has 0 amide bonds. The summed E-state index contributed by atoms with van der Waals surface area (Å²) in [6.45, 7) is 1.13. The van der Waals surface area contributed by atoms with Crippen molar-refractivity contribution < 1.29 is 19.3 Å². The molecule has 4 heterocycles. The van der Waals surface area contributed by atoms with Crippen molar-refractivity contribution in [3.63, 3.8) is 0 Å². The van der Waals surface area contributed by atoms with Crippen LogP contribution < -0.4 is 9.64 Å². The molecular weight excluding hydrogens is 391 g/mol. The number of hydrogen-bond acceptors (Lipinski definition) is 8. The highest BCUT2D eigenvalue weighted by Gasteiger charge is 2.28. The second-order valence-electron chi connectivity index (χ2n) is 7.18. The van der Waals surface area contributed by atoms with E-state index in [-0.39, 0.29) is 11.7 Å². The minimum absolute atomic E-state index is 0.0330. The third-order valence-electron chi connectivity index (χ3n) is 5.30. The van der Waals surface area contributed by atoms with Crippen LogP contribution in [0.2, 0.25) is 0 Å². The quantitative estimate of drug-likeness (QED) is 0.428. The summed E-state index contributed by atoms with van der Waals surface area (Å²) >= 11 is 0. The average Bonchev–Trinajstić information content (AvgIpc) is 3.41. The van der Waals surface area contributed by atoms with Gasteiger partial charge in [0.2, 0.25) is 0 Å². The van der Waals surface area contributed by atoms with Crippen LogP contribution in [0.3, 0.4) is 0 Å². The number of aliphatic hydroxyl groups excluding tert-OH is 1. The lowest BCUT2D eigenvalue weighted by molar-refractivity contribution is -0.0457. The summed E-state index contributed by atoms with van der Waals surface area (Å²) < 4.78 is 19.9. The molecule has 10 heteroatoms. The van der Waals surface area contributed by atoms with Crippen LogP contribution in [0.5, 0.6) is 5.75 Å². The summed E-state index contributed by atoms with van der Waals surface area (Å²) in [5.74, 6) is 0.695. The van der Waals surface area contributed by atoms with Crippen molar-refractivity contribution in [3.8, 4) is 5.75 Å². The van der Waals surface area contributed by atoms with Crippen LogP contribution in [0, 0.1) is 5.82 Å². The first kappa shape index (κ1) is 18.6. The zero-order valence-corrected chi connectivity index (χ0v) is 15.9. The molecule has 1 unspecified atom stereocenters. The summed E-state index contributed by atoms with van der Waals surface area (Å²) in [7, 11) is 0. The van der Waals surface area contributed by atoms with Gasteiger partial charge in [-0.25, -0.2) is 24.3 Å². The summed E-state index contributed by atoms with van der Waals surface area (Å²) in [5.41, 5.74) is 1.84. The molecule has 30 heavy (non-hydrogen) atoms. The molecule has 1 fully saturated rings. The second kappa shape index (κ2) is 7.47. The Morgan fingerprint density at radius 3 is 3.00 bits per heavy atom. The smallest absolute Gasteiger partial charge is 0.196 e. The number of H-pyrrole nitrogens is 1. The minimum Gasteiger partial charge on any atom is -0.491 e. The first-order valence-corrected chi connectivity index (χ1v) is 9.60. The van der Waals surface area contributed by atoms with Crippen molar-refractivity contribution in [2.24, 2.45) is 0 Å². The van der Waals surface area contributed by atoms with E-state index < -0.39 is 12.1 Å². The average molecular weight is 410 g/mol. The fourth-order valence-corrected chi connectivity index (χ4v) is 3.88. The highest BCUT2D eigenvalue weighted by atomic mass is 19.1. The Morgan fingerprint density at radius 2 is 2.13 bits per heavy atom. The van der Waals surface area contributed by atoms with Gasteiger partial charge in [0, 0.05) is 18.0 Å². The maximum Gasteiger partial charge on any atom is 0.196 e. The van der Waals surface area contributed by atoms with Gasteiger partial charge >= 0.3 is 0 Å². The van der Waals surface area contributed by atoms with Gasteiger partial charge in [0.15, 0.2) is 17.8 Å². The fourth-order valence-electron chi connectivity index (χ4n) is 3.88. The predicted molar refractivity (Wildman–Crippen MR) is 106 cm³/mol. The van der Waals surface area contributed by atoms with Crippen LogP contribution in [0.1, 0.15) is 24.8 Å². The van der Waals surface area contributed by atoms with Gasteiger partial charge in [0.1, 0.15) is 35.7 Å². The van der Waals surface area contributed by atoms with Gasteiger partial charge < -0.3 is 24.8 Å². The SMILES string of the molecule is OC(O)c1cc(OCC2CCCN2c2ncnc3nc[nH]c23)c2cc(F)ccc2n1. The van der Waals surface area contributed by atoms with Crippen molar-refractivity contribution in [2.75, 3.05) is 18.1 Å². The first-order valence-electron chi connectivity index (χ1n) is 9.60. The molecule has 5 rings (SSSR count). The van der Waals surface area contributed by atoms with Crippen LogP contribution in [0.4, 0.5) is 10.2 Å². The molecule has 1 saturated heterocycles. The lowest BCUT2D eigenvalue weighted by Crippen LogP contribution is -2.35. The molecule has 1 aromatic carbocycles. The Labute approximate surface area is 170 Å². The summed E-state index contributed by atoms with van der Waals surface area (Å²) in [6, 6.07) is 5.56. The van der Waals surface area contributed by atoms with Crippen LogP contribution in [0.25, 0.3) is 22.1 Å². The van der Waals surface area contributed by atoms with E-state index in [0.717, 1.165) is 30.7 Å². The number of halogens is 1. The Bertz CT molecular complexity index is 1210. The van der Waals surface area contributed by atoms with Gasteiger partial charge in [-0.2, -0.15) is 0 Å². The molecule has 0 radical (unpaired) electrons. The number of ether oxygens (including phenoxy) is 1. The molecule has 9 nitrogen and oxygen atoms in total. The molecule has 1 aliphatic rings. The highest BCUT2D eigenvalue weighted by molar-refractivity contribution is 5.85. The number of anilines is 1. The van der Waals surface area contributed by atoms with Crippen LogP contribution >= 0.6 is 0 Å². The number of fused-ring (bicyclic) bond motifs is 2. The number of nitrogens with one attached hydrogen (secondary N) is 1. The van der Waals surface area contributed by atoms with E-state index in [1.54, 1.807) is 6.33 Å². The molecule has 0 bridgehead atoms. The van der Waals surface area contributed by atoms with E-state index in [0.29, 0.717) is 28.9 Å². The monoisotopic (exact) mass is 410 g/mol. The highest BCUT2D eigenvalue weighted by Crippen LogP contribution is 2.31. The normalized spacial score (nSPS) is 16.8. The second-order valence-corrected chi connectivity index (χ2v) is 7.18. The number of pyridine rings is 1. The van der Waals surface area contributed by atoms with Gasteiger partial charge in [-0.05, 0) is 31.0 Å². The Hall–Kier alpha value is -3.37. The Morgan fingerprint density at radius 1 is 1.23 bits per heavy atom. The molecule has 4 aromatic rings. The van der Waals surface area contributed by atoms with E-state index in [9.17, 15) is 14.6 Å².